The Kier molecular flexibility index (Phi) is 6.03. The van der Waals surface area contributed by atoms with Gasteiger partial charge in [-0.1, -0.05) is 30.8 Å². The standard InChI is InChI=1S/C20H20N2O4S/c1-14-16-6-2-3-7-17(16)20(25)22(14)11-9-19(24)26-13-18(23)21-10-8-15-5-4-12-27-15/h2-7,12H,1,8-11,13H2,(H,21,23). The fourth-order valence-corrected chi connectivity index (χ4v) is 3.53. The number of nitrogens with zero attached hydrogens (tertiary/aromatic N) is 1. The van der Waals surface area contributed by atoms with Gasteiger partial charge in [-0.2, -0.15) is 0 Å². The zero-order chi connectivity index (χ0) is 19.2. The van der Waals surface area contributed by atoms with Gasteiger partial charge in [0.05, 0.1) is 6.42 Å². The van der Waals surface area contributed by atoms with Crippen molar-refractivity contribution in [2.75, 3.05) is 19.7 Å². The number of rotatable bonds is 8. The lowest BCUT2D eigenvalue weighted by atomic mass is 10.1. The monoisotopic (exact) mass is 384 g/mol. The van der Waals surface area contributed by atoms with Crippen LogP contribution in [0.2, 0.25) is 0 Å². The third-order valence-corrected chi connectivity index (χ3v) is 5.15. The molecule has 7 heteroatoms. The number of hydrogen-bond donors (Lipinski definition) is 1. The van der Waals surface area contributed by atoms with Gasteiger partial charge in [0.25, 0.3) is 11.8 Å². The number of esters is 1. The van der Waals surface area contributed by atoms with Crippen molar-refractivity contribution in [3.05, 3.63) is 64.4 Å². The third-order valence-electron chi connectivity index (χ3n) is 4.22. The molecule has 0 radical (unpaired) electrons. The largest absolute Gasteiger partial charge is 0.456 e. The maximum atomic E-state index is 12.4. The molecule has 2 heterocycles. The Morgan fingerprint density at radius 3 is 2.63 bits per heavy atom. The highest BCUT2D eigenvalue weighted by molar-refractivity contribution is 7.09. The van der Waals surface area contributed by atoms with Gasteiger partial charge in [-0.25, -0.2) is 0 Å². The molecule has 0 bridgehead atoms. The Morgan fingerprint density at radius 2 is 1.93 bits per heavy atom. The van der Waals surface area contributed by atoms with Crippen molar-refractivity contribution >= 4 is 34.8 Å². The lowest BCUT2D eigenvalue weighted by Crippen LogP contribution is -2.31. The van der Waals surface area contributed by atoms with E-state index in [0.29, 0.717) is 17.8 Å². The Balaban J connectivity index is 1.37. The second-order valence-electron chi connectivity index (χ2n) is 6.04. The summed E-state index contributed by atoms with van der Waals surface area (Å²) in [6, 6.07) is 11.2. The van der Waals surface area contributed by atoms with Crippen molar-refractivity contribution in [3.8, 4) is 0 Å². The fraction of sp³-hybridized carbons (Fsp3) is 0.250. The first kappa shape index (κ1) is 18.8. The van der Waals surface area contributed by atoms with Crippen molar-refractivity contribution in [1.29, 1.82) is 0 Å². The predicted molar refractivity (Wildman–Crippen MR) is 103 cm³/mol. The molecule has 1 aromatic carbocycles. The highest BCUT2D eigenvalue weighted by atomic mass is 32.1. The topological polar surface area (TPSA) is 75.7 Å². The maximum absolute atomic E-state index is 12.4. The van der Waals surface area contributed by atoms with Crippen LogP contribution in [0.1, 0.15) is 27.2 Å². The highest BCUT2D eigenvalue weighted by Crippen LogP contribution is 2.31. The first-order chi connectivity index (χ1) is 13.1. The van der Waals surface area contributed by atoms with Gasteiger partial charge in [-0.05, 0) is 23.9 Å². The van der Waals surface area contributed by atoms with E-state index in [1.807, 2.05) is 29.6 Å². The first-order valence-electron chi connectivity index (χ1n) is 8.61. The molecule has 6 nitrogen and oxygen atoms in total. The van der Waals surface area contributed by atoms with Crippen molar-refractivity contribution < 1.29 is 19.1 Å². The molecular weight excluding hydrogens is 364 g/mol. The predicted octanol–water partition coefficient (Wildman–Crippen LogP) is 2.47. The number of hydrogen-bond acceptors (Lipinski definition) is 5. The normalized spacial score (nSPS) is 12.8. The van der Waals surface area contributed by atoms with Crippen LogP contribution in [0.3, 0.4) is 0 Å². The number of fused-ring (bicyclic) bond motifs is 1. The summed E-state index contributed by atoms with van der Waals surface area (Å²) in [5.74, 6) is -1.04. The molecule has 0 saturated carbocycles. The molecule has 27 heavy (non-hydrogen) atoms. The van der Waals surface area contributed by atoms with Crippen molar-refractivity contribution in [2.45, 2.75) is 12.8 Å². The molecule has 0 aliphatic carbocycles. The van der Waals surface area contributed by atoms with Gasteiger partial charge in [-0.3, -0.25) is 14.4 Å². The smallest absolute Gasteiger partial charge is 0.308 e. The number of thiophene rings is 1. The lowest BCUT2D eigenvalue weighted by molar-refractivity contribution is -0.148. The number of nitrogens with one attached hydrogen (secondary N) is 1. The molecule has 3 rings (SSSR count). The van der Waals surface area contributed by atoms with E-state index in [2.05, 4.69) is 11.9 Å². The van der Waals surface area contributed by atoms with Crippen LogP contribution < -0.4 is 5.32 Å². The average molecular weight is 384 g/mol. The van der Waals surface area contributed by atoms with Crippen LogP contribution in [0.25, 0.3) is 5.70 Å². The van der Waals surface area contributed by atoms with Crippen molar-refractivity contribution in [1.82, 2.24) is 10.2 Å². The molecule has 1 aliphatic heterocycles. The summed E-state index contributed by atoms with van der Waals surface area (Å²) >= 11 is 1.63. The molecule has 140 valence electrons. The summed E-state index contributed by atoms with van der Waals surface area (Å²) in [7, 11) is 0. The summed E-state index contributed by atoms with van der Waals surface area (Å²) < 4.78 is 4.98. The second kappa shape index (κ2) is 8.64. The van der Waals surface area contributed by atoms with E-state index in [1.54, 1.807) is 23.5 Å². The number of benzene rings is 1. The van der Waals surface area contributed by atoms with E-state index in [0.717, 1.165) is 12.0 Å². The highest BCUT2D eigenvalue weighted by Gasteiger charge is 2.30. The Hall–Kier alpha value is -2.93. The molecule has 0 fully saturated rings. The molecule has 0 saturated heterocycles. The van der Waals surface area contributed by atoms with Gasteiger partial charge >= 0.3 is 5.97 Å². The maximum Gasteiger partial charge on any atom is 0.308 e. The lowest BCUT2D eigenvalue weighted by Gasteiger charge is -2.16. The Morgan fingerprint density at radius 1 is 1.15 bits per heavy atom. The molecular formula is C20H20N2O4S. The fourth-order valence-electron chi connectivity index (χ4n) is 2.82. The minimum absolute atomic E-state index is 0.00121. The summed E-state index contributed by atoms with van der Waals surface area (Å²) in [6.45, 7) is 4.27. The first-order valence-corrected chi connectivity index (χ1v) is 9.49. The van der Waals surface area contributed by atoms with Crippen LogP contribution in [0.4, 0.5) is 0 Å². The van der Waals surface area contributed by atoms with Gasteiger partial charge in [0.2, 0.25) is 0 Å². The van der Waals surface area contributed by atoms with Gasteiger partial charge in [-0.15, -0.1) is 11.3 Å². The second-order valence-corrected chi connectivity index (χ2v) is 7.07. The zero-order valence-corrected chi connectivity index (χ0v) is 15.6. The van der Waals surface area contributed by atoms with E-state index >= 15 is 0 Å². The van der Waals surface area contributed by atoms with Crippen LogP contribution in [0, 0.1) is 0 Å². The SMILES string of the molecule is C=C1c2ccccc2C(=O)N1CCC(=O)OCC(=O)NCCc1cccs1. The van der Waals surface area contributed by atoms with Gasteiger partial charge < -0.3 is 15.0 Å². The van der Waals surface area contributed by atoms with Gasteiger partial charge in [0, 0.05) is 34.8 Å². The van der Waals surface area contributed by atoms with Crippen LogP contribution in [-0.4, -0.2) is 42.4 Å². The minimum atomic E-state index is -0.528. The molecule has 1 N–H and O–H groups in total. The van der Waals surface area contributed by atoms with E-state index < -0.39 is 5.97 Å². The molecule has 0 unspecified atom stereocenters. The number of carbonyl (C=O) groups excluding carboxylic acids is 3. The summed E-state index contributed by atoms with van der Waals surface area (Å²) in [4.78, 5) is 38.6. The summed E-state index contributed by atoms with van der Waals surface area (Å²) in [5.41, 5.74) is 1.94. The van der Waals surface area contributed by atoms with Crippen LogP contribution in [0.5, 0.6) is 0 Å². The number of carbonyl (C=O) groups is 3. The number of amides is 2. The van der Waals surface area contributed by atoms with E-state index in [1.165, 1.54) is 9.78 Å². The summed E-state index contributed by atoms with van der Waals surface area (Å²) in [6.07, 6.45) is 0.748. The van der Waals surface area contributed by atoms with Crippen LogP contribution in [-0.2, 0) is 20.7 Å². The Labute approximate surface area is 161 Å². The molecule has 1 aliphatic rings. The summed E-state index contributed by atoms with van der Waals surface area (Å²) in [5, 5.41) is 4.69. The van der Waals surface area contributed by atoms with Crippen LogP contribution >= 0.6 is 11.3 Å². The van der Waals surface area contributed by atoms with Gasteiger partial charge in [0.15, 0.2) is 6.61 Å². The van der Waals surface area contributed by atoms with E-state index in [4.69, 9.17) is 4.74 Å². The minimum Gasteiger partial charge on any atom is -0.456 e. The average Bonchev–Trinajstić information content (AvgIpc) is 3.27. The zero-order valence-electron chi connectivity index (χ0n) is 14.8. The Bertz CT molecular complexity index is 826. The molecule has 2 amide bonds. The van der Waals surface area contributed by atoms with Crippen molar-refractivity contribution in [2.24, 2.45) is 0 Å². The molecule has 0 spiro atoms. The third kappa shape index (κ3) is 4.62. The van der Waals surface area contributed by atoms with E-state index in [-0.39, 0.29) is 31.4 Å². The molecule has 0 atom stereocenters. The van der Waals surface area contributed by atoms with Gasteiger partial charge in [0.1, 0.15) is 0 Å². The number of ether oxygens (including phenoxy) is 1. The molecule has 2 aromatic rings. The van der Waals surface area contributed by atoms with Crippen LogP contribution in [0.15, 0.2) is 48.4 Å². The van der Waals surface area contributed by atoms with E-state index in [9.17, 15) is 14.4 Å². The molecule has 1 aromatic heterocycles. The van der Waals surface area contributed by atoms with Crippen molar-refractivity contribution in [3.63, 3.8) is 0 Å². The quantitative estimate of drug-likeness (QED) is 0.710.